The maximum Gasteiger partial charge on any atom is 0.186 e. The molecule has 0 aliphatic carbocycles. The van der Waals surface area contributed by atoms with Crippen molar-refractivity contribution in [2.75, 3.05) is 13.1 Å². The van der Waals surface area contributed by atoms with Crippen LogP contribution >= 0.6 is 0 Å². The fourth-order valence-electron chi connectivity index (χ4n) is 4.26. The molecular weight excluding hydrogens is 398 g/mol. The Bertz CT molecular complexity index is 1180. The molecular formula is C26H27N5O. The molecule has 0 bridgehead atoms. The molecule has 1 aliphatic heterocycles. The lowest BCUT2D eigenvalue weighted by Crippen LogP contribution is -2.30. The van der Waals surface area contributed by atoms with Crippen LogP contribution in [-0.2, 0) is 6.42 Å². The van der Waals surface area contributed by atoms with Crippen LogP contribution in [0.1, 0.15) is 39.1 Å². The number of carbonyl (C=O) groups excluding carboxylic acids is 1. The Morgan fingerprint density at radius 2 is 1.75 bits per heavy atom. The van der Waals surface area contributed by atoms with E-state index >= 15 is 0 Å². The number of ketones is 1. The predicted molar refractivity (Wildman–Crippen MR) is 127 cm³/mol. The number of fused-ring (bicyclic) bond motifs is 1. The van der Waals surface area contributed by atoms with Gasteiger partial charge in [0.15, 0.2) is 5.78 Å². The van der Waals surface area contributed by atoms with Gasteiger partial charge in [0.25, 0.3) is 0 Å². The van der Waals surface area contributed by atoms with E-state index in [4.69, 9.17) is 0 Å². The third-order valence-corrected chi connectivity index (χ3v) is 6.03. The van der Waals surface area contributed by atoms with Gasteiger partial charge in [-0.25, -0.2) is 10.9 Å². The van der Waals surface area contributed by atoms with Crippen molar-refractivity contribution in [2.45, 2.75) is 18.5 Å². The minimum Gasteiger partial charge on any atom is -0.360 e. The van der Waals surface area contributed by atoms with Crippen LogP contribution in [0.25, 0.3) is 10.9 Å². The summed E-state index contributed by atoms with van der Waals surface area (Å²) in [5, 5.41) is 4.47. The summed E-state index contributed by atoms with van der Waals surface area (Å²) in [6.07, 6.45) is 2.67. The van der Waals surface area contributed by atoms with Gasteiger partial charge in [0.2, 0.25) is 0 Å². The lowest BCUT2D eigenvalue weighted by atomic mass is 9.96. The summed E-state index contributed by atoms with van der Waals surface area (Å²) in [6, 6.07) is 26.4. The zero-order valence-corrected chi connectivity index (χ0v) is 17.8. The molecule has 5 rings (SSSR count). The van der Waals surface area contributed by atoms with E-state index < -0.39 is 6.04 Å². The van der Waals surface area contributed by atoms with Gasteiger partial charge in [0.1, 0.15) is 0 Å². The molecule has 0 amide bonds. The Morgan fingerprint density at radius 1 is 0.969 bits per heavy atom. The van der Waals surface area contributed by atoms with Crippen molar-refractivity contribution < 1.29 is 4.79 Å². The number of nitrogens with one attached hydrogen (secondary N) is 5. The lowest BCUT2D eigenvalue weighted by Gasteiger charge is -2.18. The summed E-state index contributed by atoms with van der Waals surface area (Å²) < 4.78 is 0. The smallest absolute Gasteiger partial charge is 0.186 e. The molecule has 2 atom stereocenters. The molecule has 3 aromatic carbocycles. The fraction of sp³-hybridized carbons (Fsp3) is 0.192. The van der Waals surface area contributed by atoms with Gasteiger partial charge < -0.3 is 10.3 Å². The Morgan fingerprint density at radius 3 is 2.53 bits per heavy atom. The summed E-state index contributed by atoms with van der Waals surface area (Å²) >= 11 is 0. The maximum atomic E-state index is 13.6. The summed E-state index contributed by atoms with van der Waals surface area (Å²) in [5.74, 6) is 0.0799. The number of hydrogen-bond donors (Lipinski definition) is 5. The van der Waals surface area contributed by atoms with Crippen molar-refractivity contribution >= 4 is 16.7 Å². The normalized spacial score (nSPS) is 16.9. The van der Waals surface area contributed by atoms with Gasteiger partial charge in [-0.05, 0) is 29.2 Å². The standard InChI is InChI=1S/C26H27N5O/c32-26(22-16-28-23-9-5-4-8-21(22)23)25(20-6-2-1-3-7-20)27-15-14-18-10-12-19(13-11-18)24-17-29-31-30-24/h1-13,16,24-25,27-31H,14-15,17H2/t24?,25-/m1/s1. The van der Waals surface area contributed by atoms with Crippen molar-refractivity contribution in [2.24, 2.45) is 0 Å². The molecule has 1 aliphatic rings. The van der Waals surface area contributed by atoms with Gasteiger partial charge in [-0.3, -0.25) is 4.79 Å². The Labute approximate surface area is 187 Å². The second-order valence-corrected chi connectivity index (χ2v) is 8.10. The summed E-state index contributed by atoms with van der Waals surface area (Å²) in [7, 11) is 0. The Hall–Kier alpha value is -3.29. The number of aromatic nitrogens is 1. The molecule has 5 N–H and O–H groups in total. The van der Waals surface area contributed by atoms with Gasteiger partial charge in [0.05, 0.1) is 12.1 Å². The Balaban J connectivity index is 1.30. The molecule has 4 aromatic rings. The van der Waals surface area contributed by atoms with Crippen molar-refractivity contribution in [1.29, 1.82) is 0 Å². The van der Waals surface area contributed by atoms with Crippen LogP contribution in [0.4, 0.5) is 0 Å². The number of Topliss-reactive ketones (excluding diaryl/α,β-unsaturated/α-hetero) is 1. The van der Waals surface area contributed by atoms with E-state index in [0.717, 1.165) is 35.0 Å². The lowest BCUT2D eigenvalue weighted by molar-refractivity contribution is 0.0945. The monoisotopic (exact) mass is 425 g/mol. The minimum atomic E-state index is -0.394. The fourth-order valence-corrected chi connectivity index (χ4v) is 4.26. The van der Waals surface area contributed by atoms with Crippen LogP contribution in [0.15, 0.2) is 85.1 Å². The van der Waals surface area contributed by atoms with Gasteiger partial charge in [-0.15, -0.1) is 0 Å². The first kappa shape index (κ1) is 20.6. The highest BCUT2D eigenvalue weighted by molar-refractivity contribution is 6.10. The van der Waals surface area contributed by atoms with Gasteiger partial charge in [-0.2, -0.15) is 5.53 Å². The molecule has 162 valence electrons. The van der Waals surface area contributed by atoms with E-state index in [2.05, 4.69) is 51.0 Å². The molecule has 2 heterocycles. The molecule has 1 unspecified atom stereocenters. The Kier molecular flexibility index (Phi) is 6.09. The van der Waals surface area contributed by atoms with E-state index in [-0.39, 0.29) is 11.8 Å². The predicted octanol–water partition coefficient (Wildman–Crippen LogP) is 3.58. The molecule has 32 heavy (non-hydrogen) atoms. The third-order valence-electron chi connectivity index (χ3n) is 6.03. The van der Waals surface area contributed by atoms with Crippen molar-refractivity contribution in [1.82, 2.24) is 26.7 Å². The van der Waals surface area contributed by atoms with Crippen molar-refractivity contribution in [3.63, 3.8) is 0 Å². The first-order valence-electron chi connectivity index (χ1n) is 11.0. The number of para-hydroxylation sites is 1. The SMILES string of the molecule is O=C(c1c[nH]c2ccccc12)[C@H](NCCc1ccc(C2CNNN2)cc1)c1ccccc1. The molecule has 1 aromatic heterocycles. The van der Waals surface area contributed by atoms with Crippen molar-refractivity contribution in [3.8, 4) is 0 Å². The van der Waals surface area contributed by atoms with Crippen LogP contribution in [0, 0.1) is 0 Å². The first-order chi connectivity index (χ1) is 15.8. The number of H-pyrrole nitrogens is 1. The zero-order chi connectivity index (χ0) is 21.8. The van der Waals surface area contributed by atoms with Crippen LogP contribution in [0.5, 0.6) is 0 Å². The van der Waals surface area contributed by atoms with Crippen LogP contribution in [-0.4, -0.2) is 23.9 Å². The van der Waals surface area contributed by atoms with Gasteiger partial charge >= 0.3 is 0 Å². The topological polar surface area (TPSA) is 81.0 Å². The average Bonchev–Trinajstić information content (AvgIpc) is 3.53. The summed E-state index contributed by atoms with van der Waals surface area (Å²) in [4.78, 5) is 16.8. The number of hydrazine groups is 2. The summed E-state index contributed by atoms with van der Waals surface area (Å²) in [6.45, 7) is 1.56. The second-order valence-electron chi connectivity index (χ2n) is 8.10. The summed E-state index contributed by atoms with van der Waals surface area (Å²) in [5.41, 5.74) is 14.4. The number of benzene rings is 3. The number of aromatic amines is 1. The van der Waals surface area contributed by atoms with Crippen molar-refractivity contribution in [3.05, 3.63) is 107 Å². The number of carbonyl (C=O) groups is 1. The molecule has 0 spiro atoms. The first-order valence-corrected chi connectivity index (χ1v) is 11.0. The third kappa shape index (κ3) is 4.35. The van der Waals surface area contributed by atoms with Crippen LogP contribution < -0.4 is 21.7 Å². The highest BCUT2D eigenvalue weighted by Crippen LogP contribution is 2.25. The maximum absolute atomic E-state index is 13.6. The van der Waals surface area contributed by atoms with Gasteiger partial charge in [-0.1, -0.05) is 72.8 Å². The molecule has 0 saturated carbocycles. The van der Waals surface area contributed by atoms with E-state index in [9.17, 15) is 4.79 Å². The highest BCUT2D eigenvalue weighted by Gasteiger charge is 2.24. The molecule has 6 nitrogen and oxygen atoms in total. The quantitative estimate of drug-likeness (QED) is 0.279. The number of hydrogen-bond acceptors (Lipinski definition) is 5. The molecule has 1 saturated heterocycles. The van der Waals surface area contributed by atoms with E-state index in [0.29, 0.717) is 6.54 Å². The average molecular weight is 426 g/mol. The molecule has 1 fully saturated rings. The van der Waals surface area contributed by atoms with E-state index in [1.807, 2.05) is 60.8 Å². The van der Waals surface area contributed by atoms with Crippen LogP contribution in [0.3, 0.4) is 0 Å². The minimum absolute atomic E-state index is 0.0799. The molecule has 0 radical (unpaired) electrons. The molecule has 6 heteroatoms. The zero-order valence-electron chi connectivity index (χ0n) is 17.8. The van der Waals surface area contributed by atoms with E-state index in [1.165, 1.54) is 11.1 Å². The highest BCUT2D eigenvalue weighted by atomic mass is 16.1. The largest absolute Gasteiger partial charge is 0.360 e. The van der Waals surface area contributed by atoms with E-state index in [1.54, 1.807) is 0 Å². The van der Waals surface area contributed by atoms with Crippen LogP contribution in [0.2, 0.25) is 0 Å². The van der Waals surface area contributed by atoms with Gasteiger partial charge in [0, 0.05) is 35.8 Å². The second kappa shape index (κ2) is 9.46. The number of rotatable bonds is 8.